The van der Waals surface area contributed by atoms with Gasteiger partial charge in [0.05, 0.1) is 6.61 Å². The van der Waals surface area contributed by atoms with Gasteiger partial charge in [0.15, 0.2) is 0 Å². The first-order valence-corrected chi connectivity index (χ1v) is 7.28. The van der Waals surface area contributed by atoms with Crippen molar-refractivity contribution in [2.24, 2.45) is 5.73 Å². The second kappa shape index (κ2) is 8.39. The average Bonchev–Trinajstić information content (AvgIpc) is 2.53. The summed E-state index contributed by atoms with van der Waals surface area (Å²) < 4.78 is 5.46. The van der Waals surface area contributed by atoms with Crippen LogP contribution in [0.25, 0.3) is 0 Å². The lowest BCUT2D eigenvalue weighted by Gasteiger charge is -2.29. The molecule has 0 saturated carbocycles. The molecule has 90 valence electrons. The molecule has 15 heavy (non-hydrogen) atoms. The lowest BCUT2D eigenvalue weighted by molar-refractivity contribution is 0.130. The minimum Gasteiger partial charge on any atom is -0.380 e. The van der Waals surface area contributed by atoms with Gasteiger partial charge in [0.25, 0.3) is 0 Å². The molecule has 2 N–H and O–H groups in total. The summed E-state index contributed by atoms with van der Waals surface area (Å²) in [7, 11) is 0. The maximum atomic E-state index is 5.85. The van der Waals surface area contributed by atoms with Crippen molar-refractivity contribution in [1.82, 2.24) is 4.90 Å². The molecule has 1 aliphatic rings. The minimum absolute atomic E-state index is 0.568. The fourth-order valence-electron chi connectivity index (χ4n) is 2.04. The Labute approximate surface area is 97.7 Å². The maximum Gasteiger partial charge on any atom is 0.0593 e. The summed E-state index contributed by atoms with van der Waals surface area (Å²) in [5.74, 6) is 1.25. The lowest BCUT2D eigenvalue weighted by Crippen LogP contribution is -2.42. The van der Waals surface area contributed by atoms with Crippen molar-refractivity contribution in [3.63, 3.8) is 0 Å². The molecule has 1 unspecified atom stereocenters. The van der Waals surface area contributed by atoms with E-state index in [1.807, 2.05) is 11.8 Å². The average molecular weight is 232 g/mol. The first-order valence-electron chi connectivity index (χ1n) is 5.89. The molecule has 0 aromatic rings. The molecule has 0 amide bonds. The van der Waals surface area contributed by atoms with Gasteiger partial charge in [-0.25, -0.2) is 0 Å². The number of rotatable bonds is 6. The highest BCUT2D eigenvalue weighted by molar-refractivity contribution is 7.98. The van der Waals surface area contributed by atoms with Crippen LogP contribution in [0.5, 0.6) is 0 Å². The van der Waals surface area contributed by atoms with Gasteiger partial charge in [-0.3, -0.25) is 4.90 Å². The predicted octanol–water partition coefficient (Wildman–Crippen LogP) is 1.18. The van der Waals surface area contributed by atoms with Crippen LogP contribution in [-0.2, 0) is 4.74 Å². The highest BCUT2D eigenvalue weighted by Crippen LogP contribution is 2.11. The summed E-state index contributed by atoms with van der Waals surface area (Å²) in [5, 5.41) is 0. The maximum absolute atomic E-state index is 5.85. The van der Waals surface area contributed by atoms with E-state index in [2.05, 4.69) is 11.2 Å². The Morgan fingerprint density at radius 2 is 2.27 bits per heavy atom. The van der Waals surface area contributed by atoms with Gasteiger partial charge in [-0.15, -0.1) is 0 Å². The van der Waals surface area contributed by atoms with E-state index in [-0.39, 0.29) is 0 Å². The van der Waals surface area contributed by atoms with Gasteiger partial charge >= 0.3 is 0 Å². The summed E-state index contributed by atoms with van der Waals surface area (Å²) in [6.45, 7) is 4.79. The highest BCUT2D eigenvalue weighted by atomic mass is 32.2. The van der Waals surface area contributed by atoms with Gasteiger partial charge in [0, 0.05) is 32.3 Å². The summed E-state index contributed by atoms with van der Waals surface area (Å²) in [6, 6.07) is 0.568. The van der Waals surface area contributed by atoms with Gasteiger partial charge < -0.3 is 10.5 Å². The van der Waals surface area contributed by atoms with E-state index < -0.39 is 0 Å². The van der Waals surface area contributed by atoms with Crippen LogP contribution in [0.15, 0.2) is 0 Å². The molecule has 0 radical (unpaired) electrons. The molecule has 4 heteroatoms. The number of nitrogens with two attached hydrogens (primary N) is 1. The molecule has 3 nitrogen and oxygen atoms in total. The standard InChI is InChI=1S/C11H24N2OS/c1-15-9-2-4-11(10-12)13-5-3-7-14-8-6-13/h11H,2-10,12H2,1H3. The van der Waals surface area contributed by atoms with E-state index in [1.165, 1.54) is 18.6 Å². The van der Waals surface area contributed by atoms with Crippen LogP contribution in [0, 0.1) is 0 Å². The van der Waals surface area contributed by atoms with Crippen LogP contribution in [0.4, 0.5) is 0 Å². The van der Waals surface area contributed by atoms with E-state index in [9.17, 15) is 0 Å². The van der Waals surface area contributed by atoms with Gasteiger partial charge in [-0.2, -0.15) is 11.8 Å². The fraction of sp³-hybridized carbons (Fsp3) is 1.00. The Balaban J connectivity index is 2.27. The van der Waals surface area contributed by atoms with Gasteiger partial charge in [0.2, 0.25) is 0 Å². The van der Waals surface area contributed by atoms with E-state index in [0.717, 1.165) is 39.3 Å². The van der Waals surface area contributed by atoms with Crippen LogP contribution >= 0.6 is 11.8 Å². The predicted molar refractivity (Wildman–Crippen MR) is 67.5 cm³/mol. The number of hydrogen-bond acceptors (Lipinski definition) is 4. The van der Waals surface area contributed by atoms with Crippen molar-refractivity contribution in [2.45, 2.75) is 25.3 Å². The number of nitrogens with zero attached hydrogens (tertiary/aromatic N) is 1. The Bertz CT molecular complexity index is 150. The number of thioether (sulfide) groups is 1. The Hall–Kier alpha value is 0.230. The molecular formula is C11H24N2OS. The monoisotopic (exact) mass is 232 g/mol. The molecule has 1 heterocycles. The van der Waals surface area contributed by atoms with Gasteiger partial charge in [0.1, 0.15) is 0 Å². The molecule has 0 spiro atoms. The minimum atomic E-state index is 0.568. The second-order valence-corrected chi connectivity index (χ2v) is 5.01. The van der Waals surface area contributed by atoms with E-state index in [4.69, 9.17) is 10.5 Å². The molecule has 1 atom stereocenters. The molecule has 0 aliphatic carbocycles. The SMILES string of the molecule is CSCCCC(CN)N1CCCOCC1. The van der Waals surface area contributed by atoms with Crippen LogP contribution < -0.4 is 5.73 Å². The Morgan fingerprint density at radius 3 is 3.00 bits per heavy atom. The Morgan fingerprint density at radius 1 is 1.40 bits per heavy atom. The van der Waals surface area contributed by atoms with Crippen LogP contribution in [0.1, 0.15) is 19.3 Å². The van der Waals surface area contributed by atoms with Crippen LogP contribution in [0.3, 0.4) is 0 Å². The summed E-state index contributed by atoms with van der Waals surface area (Å²) in [5.41, 5.74) is 5.85. The molecule has 1 fully saturated rings. The van der Waals surface area contributed by atoms with E-state index >= 15 is 0 Å². The zero-order valence-corrected chi connectivity index (χ0v) is 10.6. The molecule has 0 aromatic heterocycles. The van der Waals surface area contributed by atoms with Crippen LogP contribution in [0.2, 0.25) is 0 Å². The zero-order valence-electron chi connectivity index (χ0n) is 9.78. The molecule has 1 saturated heterocycles. The van der Waals surface area contributed by atoms with E-state index in [1.54, 1.807) is 0 Å². The fourth-order valence-corrected chi connectivity index (χ4v) is 2.50. The number of ether oxygens (including phenoxy) is 1. The van der Waals surface area contributed by atoms with Crippen molar-refractivity contribution in [1.29, 1.82) is 0 Å². The third-order valence-electron chi connectivity index (χ3n) is 2.93. The highest BCUT2D eigenvalue weighted by Gasteiger charge is 2.17. The molecule has 1 aliphatic heterocycles. The zero-order chi connectivity index (χ0) is 10.9. The molecule has 1 rings (SSSR count). The molecule has 0 bridgehead atoms. The van der Waals surface area contributed by atoms with Crippen LogP contribution in [-0.4, -0.2) is 55.8 Å². The largest absolute Gasteiger partial charge is 0.380 e. The topological polar surface area (TPSA) is 38.5 Å². The normalized spacial score (nSPS) is 21.2. The summed E-state index contributed by atoms with van der Waals surface area (Å²) >= 11 is 1.92. The second-order valence-electron chi connectivity index (χ2n) is 4.03. The molecular weight excluding hydrogens is 208 g/mol. The van der Waals surface area contributed by atoms with Crippen molar-refractivity contribution in [3.05, 3.63) is 0 Å². The van der Waals surface area contributed by atoms with Gasteiger partial charge in [-0.1, -0.05) is 0 Å². The quantitative estimate of drug-likeness (QED) is 0.698. The third kappa shape index (κ3) is 5.20. The van der Waals surface area contributed by atoms with Crippen molar-refractivity contribution >= 4 is 11.8 Å². The summed E-state index contributed by atoms with van der Waals surface area (Å²) in [4.78, 5) is 2.51. The number of hydrogen-bond donors (Lipinski definition) is 1. The van der Waals surface area contributed by atoms with Crippen molar-refractivity contribution < 1.29 is 4.74 Å². The summed E-state index contributed by atoms with van der Waals surface area (Å²) in [6.07, 6.45) is 5.83. The van der Waals surface area contributed by atoms with Gasteiger partial charge in [-0.05, 0) is 31.3 Å². The first kappa shape index (κ1) is 13.3. The van der Waals surface area contributed by atoms with E-state index in [0.29, 0.717) is 6.04 Å². The third-order valence-corrected chi connectivity index (χ3v) is 3.63. The molecule has 0 aromatic carbocycles. The lowest BCUT2D eigenvalue weighted by atomic mass is 10.1. The first-order chi connectivity index (χ1) is 7.38. The Kier molecular flexibility index (Phi) is 7.44. The smallest absolute Gasteiger partial charge is 0.0593 e. The van der Waals surface area contributed by atoms with Crippen molar-refractivity contribution in [3.8, 4) is 0 Å². The van der Waals surface area contributed by atoms with Crippen molar-refractivity contribution in [2.75, 3.05) is 44.9 Å².